The molecule has 0 aromatic rings. The van der Waals surface area contributed by atoms with Crippen LogP contribution in [0.2, 0.25) is 0 Å². The highest BCUT2D eigenvalue weighted by atomic mass is 16.4. The fraction of sp³-hybridized carbons (Fsp3) is 0.917. The molecule has 1 N–H and O–H groups in total. The van der Waals surface area contributed by atoms with E-state index in [0.29, 0.717) is 0 Å². The molecule has 2 heteroatoms. The highest BCUT2D eigenvalue weighted by molar-refractivity contribution is 5.69. The molecule has 2 aliphatic carbocycles. The van der Waals surface area contributed by atoms with Crippen LogP contribution in [0.15, 0.2) is 0 Å². The lowest BCUT2D eigenvalue weighted by molar-refractivity contribution is -0.143. The van der Waals surface area contributed by atoms with Gasteiger partial charge in [0.15, 0.2) is 0 Å². The van der Waals surface area contributed by atoms with Crippen LogP contribution in [0.25, 0.3) is 0 Å². The molecule has 80 valence electrons. The van der Waals surface area contributed by atoms with Gasteiger partial charge in [0.1, 0.15) is 0 Å². The predicted molar refractivity (Wildman–Crippen MR) is 55.0 cm³/mol. The molecule has 0 amide bonds. The van der Waals surface area contributed by atoms with Gasteiger partial charge in [0, 0.05) is 0 Å². The maximum absolute atomic E-state index is 10.7. The van der Waals surface area contributed by atoms with E-state index >= 15 is 0 Å². The summed E-state index contributed by atoms with van der Waals surface area (Å²) in [6.07, 6.45) is 9.82. The summed E-state index contributed by atoms with van der Waals surface area (Å²) in [4.78, 5) is 10.7. The van der Waals surface area contributed by atoms with Crippen molar-refractivity contribution in [2.45, 2.75) is 51.4 Å². The van der Waals surface area contributed by atoms with Crippen molar-refractivity contribution in [3.8, 4) is 0 Å². The Balaban J connectivity index is 1.64. The molecule has 0 spiro atoms. The van der Waals surface area contributed by atoms with Gasteiger partial charge in [-0.15, -0.1) is 0 Å². The second-order valence-electron chi connectivity index (χ2n) is 5.08. The Morgan fingerprint density at radius 1 is 0.929 bits per heavy atom. The van der Waals surface area contributed by atoms with Crippen LogP contribution in [0.4, 0.5) is 0 Å². The van der Waals surface area contributed by atoms with Gasteiger partial charge in [-0.1, -0.05) is 25.7 Å². The second-order valence-corrected chi connectivity index (χ2v) is 5.08. The zero-order valence-electron chi connectivity index (χ0n) is 8.74. The standard InChI is InChI=1S/C12H20O2/c13-12(14)11-7-5-10(6-8-11)4-3-9-1-2-9/h9-11H,1-8H2,(H,13,14). The second kappa shape index (κ2) is 4.33. The largest absolute Gasteiger partial charge is 0.481 e. The van der Waals surface area contributed by atoms with Crippen molar-refractivity contribution in [1.82, 2.24) is 0 Å². The quantitative estimate of drug-likeness (QED) is 0.750. The average Bonchev–Trinajstić information content (AvgIpc) is 2.99. The predicted octanol–water partition coefficient (Wildman–Crippen LogP) is 3.07. The number of rotatable bonds is 4. The third-order valence-corrected chi connectivity index (χ3v) is 3.88. The summed E-state index contributed by atoms with van der Waals surface area (Å²) in [5.41, 5.74) is 0. The zero-order valence-corrected chi connectivity index (χ0v) is 8.74. The van der Waals surface area contributed by atoms with E-state index in [1.807, 2.05) is 0 Å². The molecule has 2 fully saturated rings. The van der Waals surface area contributed by atoms with E-state index in [0.717, 1.165) is 37.5 Å². The van der Waals surface area contributed by atoms with Crippen LogP contribution in [0, 0.1) is 17.8 Å². The third kappa shape index (κ3) is 2.73. The SMILES string of the molecule is O=C(O)C1CCC(CCC2CC2)CC1. The molecule has 0 saturated heterocycles. The first-order valence-electron chi connectivity index (χ1n) is 5.98. The summed E-state index contributed by atoms with van der Waals surface area (Å²) in [6, 6.07) is 0. The van der Waals surface area contributed by atoms with Crippen LogP contribution in [-0.2, 0) is 4.79 Å². The molecule has 0 aromatic heterocycles. The molecule has 0 bridgehead atoms. The molecule has 0 unspecified atom stereocenters. The number of aliphatic carboxylic acids is 1. The topological polar surface area (TPSA) is 37.3 Å². The van der Waals surface area contributed by atoms with Crippen LogP contribution in [0.1, 0.15) is 51.4 Å². The Labute approximate surface area is 85.7 Å². The summed E-state index contributed by atoms with van der Waals surface area (Å²) >= 11 is 0. The number of hydrogen-bond donors (Lipinski definition) is 1. The van der Waals surface area contributed by atoms with E-state index < -0.39 is 5.97 Å². The molecular formula is C12H20O2. The maximum atomic E-state index is 10.7. The lowest BCUT2D eigenvalue weighted by Crippen LogP contribution is -2.21. The maximum Gasteiger partial charge on any atom is 0.306 e. The molecule has 0 radical (unpaired) electrons. The van der Waals surface area contributed by atoms with Crippen molar-refractivity contribution in [3.05, 3.63) is 0 Å². The molecule has 2 saturated carbocycles. The third-order valence-electron chi connectivity index (χ3n) is 3.88. The van der Waals surface area contributed by atoms with Gasteiger partial charge >= 0.3 is 5.97 Å². The Hall–Kier alpha value is -0.530. The number of hydrogen-bond acceptors (Lipinski definition) is 1. The van der Waals surface area contributed by atoms with Crippen LogP contribution in [0.5, 0.6) is 0 Å². The molecular weight excluding hydrogens is 176 g/mol. The van der Waals surface area contributed by atoms with Crippen LogP contribution in [-0.4, -0.2) is 11.1 Å². The first-order valence-corrected chi connectivity index (χ1v) is 5.98. The van der Waals surface area contributed by atoms with E-state index in [1.165, 1.54) is 25.7 Å². The van der Waals surface area contributed by atoms with E-state index in [-0.39, 0.29) is 5.92 Å². The summed E-state index contributed by atoms with van der Waals surface area (Å²) in [5.74, 6) is 1.26. The lowest BCUT2D eigenvalue weighted by atomic mass is 9.80. The van der Waals surface area contributed by atoms with Gasteiger partial charge < -0.3 is 5.11 Å². The molecule has 2 aliphatic rings. The molecule has 0 atom stereocenters. The minimum absolute atomic E-state index is 0.0350. The van der Waals surface area contributed by atoms with Gasteiger partial charge in [0.05, 0.1) is 5.92 Å². The van der Waals surface area contributed by atoms with Gasteiger partial charge in [-0.25, -0.2) is 0 Å². The fourth-order valence-corrected chi connectivity index (χ4v) is 2.58. The Bertz CT molecular complexity index is 200. The normalized spacial score (nSPS) is 32.9. The highest BCUT2D eigenvalue weighted by Gasteiger charge is 2.27. The first-order chi connectivity index (χ1) is 6.75. The van der Waals surface area contributed by atoms with Crippen molar-refractivity contribution in [2.24, 2.45) is 17.8 Å². The van der Waals surface area contributed by atoms with Gasteiger partial charge in [-0.2, -0.15) is 0 Å². The van der Waals surface area contributed by atoms with Crippen LogP contribution < -0.4 is 0 Å². The molecule has 2 nitrogen and oxygen atoms in total. The average molecular weight is 196 g/mol. The Morgan fingerprint density at radius 2 is 1.36 bits per heavy atom. The molecule has 0 aliphatic heterocycles. The minimum Gasteiger partial charge on any atom is -0.481 e. The first kappa shape index (κ1) is 10.0. The number of carboxylic acids is 1. The fourth-order valence-electron chi connectivity index (χ4n) is 2.58. The highest BCUT2D eigenvalue weighted by Crippen LogP contribution is 2.38. The van der Waals surface area contributed by atoms with Crippen molar-refractivity contribution in [2.75, 3.05) is 0 Å². The zero-order chi connectivity index (χ0) is 9.97. The smallest absolute Gasteiger partial charge is 0.306 e. The number of carbonyl (C=O) groups is 1. The molecule has 0 heterocycles. The van der Waals surface area contributed by atoms with Crippen LogP contribution >= 0.6 is 0 Å². The monoisotopic (exact) mass is 196 g/mol. The van der Waals surface area contributed by atoms with E-state index in [1.54, 1.807) is 0 Å². The minimum atomic E-state index is -0.578. The van der Waals surface area contributed by atoms with Gasteiger partial charge in [-0.05, 0) is 37.5 Å². The van der Waals surface area contributed by atoms with E-state index in [4.69, 9.17) is 5.11 Å². The summed E-state index contributed by atoms with van der Waals surface area (Å²) < 4.78 is 0. The van der Waals surface area contributed by atoms with Crippen molar-refractivity contribution < 1.29 is 9.90 Å². The van der Waals surface area contributed by atoms with Crippen molar-refractivity contribution in [1.29, 1.82) is 0 Å². The molecule has 14 heavy (non-hydrogen) atoms. The Morgan fingerprint density at radius 3 is 1.71 bits per heavy atom. The van der Waals surface area contributed by atoms with Gasteiger partial charge in [0.25, 0.3) is 0 Å². The van der Waals surface area contributed by atoms with Crippen LogP contribution in [0.3, 0.4) is 0 Å². The van der Waals surface area contributed by atoms with Crippen molar-refractivity contribution >= 4 is 5.97 Å². The summed E-state index contributed by atoms with van der Waals surface area (Å²) in [7, 11) is 0. The summed E-state index contributed by atoms with van der Waals surface area (Å²) in [6.45, 7) is 0. The lowest BCUT2D eigenvalue weighted by Gasteiger charge is -2.25. The molecule has 2 rings (SSSR count). The summed E-state index contributed by atoms with van der Waals surface area (Å²) in [5, 5.41) is 8.85. The van der Waals surface area contributed by atoms with E-state index in [9.17, 15) is 4.79 Å². The van der Waals surface area contributed by atoms with Gasteiger partial charge in [-0.3, -0.25) is 4.79 Å². The van der Waals surface area contributed by atoms with Gasteiger partial charge in [0.2, 0.25) is 0 Å². The van der Waals surface area contributed by atoms with E-state index in [2.05, 4.69) is 0 Å². The Kier molecular flexibility index (Phi) is 3.09. The molecule has 0 aromatic carbocycles. The number of carboxylic acid groups (broad SMARTS) is 1. The van der Waals surface area contributed by atoms with Crippen molar-refractivity contribution in [3.63, 3.8) is 0 Å².